The maximum Gasteiger partial charge on any atom is 0.126 e. The van der Waals surface area contributed by atoms with Crippen LogP contribution in [0.2, 0.25) is 0 Å². The molecule has 0 aliphatic rings. The SMILES string of the molecule is CCc1ccc(Cc2ccc(F)cc2O)nc1. The molecule has 2 aromatic rings. The molecule has 0 saturated heterocycles. The van der Waals surface area contributed by atoms with E-state index in [1.165, 1.54) is 11.6 Å². The van der Waals surface area contributed by atoms with Crippen LogP contribution in [0.1, 0.15) is 23.7 Å². The monoisotopic (exact) mass is 231 g/mol. The number of pyridine rings is 1. The van der Waals surface area contributed by atoms with E-state index in [2.05, 4.69) is 11.9 Å². The number of aromatic nitrogens is 1. The van der Waals surface area contributed by atoms with Gasteiger partial charge in [0.1, 0.15) is 11.6 Å². The van der Waals surface area contributed by atoms with Crippen LogP contribution in [-0.4, -0.2) is 10.1 Å². The Morgan fingerprint density at radius 1 is 1.24 bits per heavy atom. The molecule has 1 aromatic carbocycles. The second kappa shape index (κ2) is 4.95. The number of phenolic OH excluding ortho intramolecular Hbond substituents is 1. The fourth-order valence-electron chi connectivity index (χ4n) is 1.65. The van der Waals surface area contributed by atoms with Crippen LogP contribution in [0.3, 0.4) is 0 Å². The average molecular weight is 231 g/mol. The molecule has 0 spiro atoms. The molecule has 0 bridgehead atoms. The molecule has 17 heavy (non-hydrogen) atoms. The number of hydrogen-bond acceptors (Lipinski definition) is 2. The number of phenols is 1. The Balaban J connectivity index is 2.19. The maximum atomic E-state index is 12.8. The van der Waals surface area contributed by atoms with Gasteiger partial charge >= 0.3 is 0 Å². The first-order chi connectivity index (χ1) is 8.19. The van der Waals surface area contributed by atoms with Gasteiger partial charge in [0, 0.05) is 29.9 Å². The summed E-state index contributed by atoms with van der Waals surface area (Å²) in [6.07, 6.45) is 3.29. The lowest BCUT2D eigenvalue weighted by atomic mass is 10.1. The fourth-order valence-corrected chi connectivity index (χ4v) is 1.65. The summed E-state index contributed by atoms with van der Waals surface area (Å²) in [6.45, 7) is 2.07. The fraction of sp³-hybridized carbons (Fsp3) is 0.214. The molecule has 2 nitrogen and oxygen atoms in total. The second-order valence-electron chi connectivity index (χ2n) is 3.96. The molecule has 1 N–H and O–H groups in total. The minimum absolute atomic E-state index is 0.0219. The Labute approximate surface area is 99.8 Å². The number of benzene rings is 1. The van der Waals surface area contributed by atoms with Gasteiger partial charge in [-0.15, -0.1) is 0 Å². The van der Waals surface area contributed by atoms with Crippen molar-refractivity contribution in [2.24, 2.45) is 0 Å². The molecular formula is C14H14FNO. The smallest absolute Gasteiger partial charge is 0.126 e. The van der Waals surface area contributed by atoms with E-state index in [9.17, 15) is 9.50 Å². The number of aryl methyl sites for hydroxylation is 1. The number of halogens is 1. The predicted octanol–water partition coefficient (Wildman–Crippen LogP) is 3.08. The Kier molecular flexibility index (Phi) is 3.38. The summed E-state index contributed by atoms with van der Waals surface area (Å²) in [5, 5.41) is 9.59. The molecule has 0 saturated carbocycles. The maximum absolute atomic E-state index is 12.8. The number of aromatic hydroxyl groups is 1. The zero-order valence-corrected chi connectivity index (χ0v) is 9.65. The van der Waals surface area contributed by atoms with Gasteiger partial charge in [-0.1, -0.05) is 19.1 Å². The molecule has 0 unspecified atom stereocenters. The lowest BCUT2D eigenvalue weighted by Gasteiger charge is -2.05. The Morgan fingerprint density at radius 3 is 2.65 bits per heavy atom. The van der Waals surface area contributed by atoms with Gasteiger partial charge in [-0.3, -0.25) is 4.98 Å². The highest BCUT2D eigenvalue weighted by Gasteiger charge is 2.04. The van der Waals surface area contributed by atoms with Crippen molar-refractivity contribution in [2.45, 2.75) is 19.8 Å². The summed E-state index contributed by atoms with van der Waals surface area (Å²) >= 11 is 0. The van der Waals surface area contributed by atoms with E-state index in [1.54, 1.807) is 6.07 Å². The molecule has 1 aromatic heterocycles. The van der Waals surface area contributed by atoms with Crippen LogP contribution < -0.4 is 0 Å². The normalized spacial score (nSPS) is 10.5. The van der Waals surface area contributed by atoms with Crippen LogP contribution >= 0.6 is 0 Å². The van der Waals surface area contributed by atoms with Gasteiger partial charge in [0.25, 0.3) is 0 Å². The predicted molar refractivity (Wildman–Crippen MR) is 64.5 cm³/mol. The lowest BCUT2D eigenvalue weighted by Crippen LogP contribution is -1.94. The van der Waals surface area contributed by atoms with E-state index in [0.717, 1.165) is 18.2 Å². The Hall–Kier alpha value is -1.90. The van der Waals surface area contributed by atoms with Gasteiger partial charge in [0.15, 0.2) is 0 Å². The van der Waals surface area contributed by atoms with Crippen molar-refractivity contribution < 1.29 is 9.50 Å². The van der Waals surface area contributed by atoms with Gasteiger partial charge in [0.05, 0.1) is 0 Å². The number of nitrogens with zero attached hydrogens (tertiary/aromatic N) is 1. The zero-order chi connectivity index (χ0) is 12.3. The molecule has 0 radical (unpaired) electrons. The van der Waals surface area contributed by atoms with Crippen molar-refractivity contribution in [1.29, 1.82) is 0 Å². The molecule has 0 atom stereocenters. The van der Waals surface area contributed by atoms with E-state index in [4.69, 9.17) is 0 Å². The highest BCUT2D eigenvalue weighted by molar-refractivity contribution is 5.35. The van der Waals surface area contributed by atoms with Gasteiger partial charge in [-0.25, -0.2) is 4.39 Å². The largest absolute Gasteiger partial charge is 0.508 e. The molecule has 0 fully saturated rings. The molecule has 0 amide bonds. The zero-order valence-electron chi connectivity index (χ0n) is 9.65. The first kappa shape index (κ1) is 11.6. The van der Waals surface area contributed by atoms with Crippen molar-refractivity contribution in [3.8, 4) is 5.75 Å². The van der Waals surface area contributed by atoms with E-state index >= 15 is 0 Å². The summed E-state index contributed by atoms with van der Waals surface area (Å²) < 4.78 is 12.8. The lowest BCUT2D eigenvalue weighted by molar-refractivity contribution is 0.463. The number of hydrogen-bond donors (Lipinski definition) is 1. The average Bonchev–Trinajstić information content (AvgIpc) is 2.34. The van der Waals surface area contributed by atoms with E-state index in [-0.39, 0.29) is 5.75 Å². The first-order valence-corrected chi connectivity index (χ1v) is 5.60. The Bertz CT molecular complexity index is 508. The van der Waals surface area contributed by atoms with Crippen LogP contribution in [0.5, 0.6) is 5.75 Å². The first-order valence-electron chi connectivity index (χ1n) is 5.60. The van der Waals surface area contributed by atoms with Crippen molar-refractivity contribution in [2.75, 3.05) is 0 Å². The molecule has 0 aliphatic carbocycles. The van der Waals surface area contributed by atoms with Crippen LogP contribution in [0.15, 0.2) is 36.5 Å². The third-order valence-corrected chi connectivity index (χ3v) is 2.71. The number of rotatable bonds is 3. The third kappa shape index (κ3) is 2.81. The highest BCUT2D eigenvalue weighted by Crippen LogP contribution is 2.20. The van der Waals surface area contributed by atoms with Gasteiger partial charge in [-0.05, 0) is 24.1 Å². The quantitative estimate of drug-likeness (QED) is 0.880. The molecule has 88 valence electrons. The second-order valence-corrected chi connectivity index (χ2v) is 3.96. The minimum Gasteiger partial charge on any atom is -0.508 e. The minimum atomic E-state index is -0.430. The van der Waals surface area contributed by atoms with Crippen LogP contribution in [0.4, 0.5) is 4.39 Å². The summed E-state index contributed by atoms with van der Waals surface area (Å²) in [7, 11) is 0. The van der Waals surface area contributed by atoms with E-state index in [1.807, 2.05) is 18.3 Å². The summed E-state index contributed by atoms with van der Waals surface area (Å²) in [5.74, 6) is -0.452. The molecular weight excluding hydrogens is 217 g/mol. The standard InChI is InChI=1S/C14H14FNO/c1-2-10-3-6-13(16-9-10)7-11-4-5-12(15)8-14(11)17/h3-6,8-9,17H,2,7H2,1H3. The van der Waals surface area contributed by atoms with Crippen LogP contribution in [0, 0.1) is 5.82 Å². The topological polar surface area (TPSA) is 33.1 Å². The van der Waals surface area contributed by atoms with Gasteiger partial charge < -0.3 is 5.11 Å². The molecule has 0 aliphatic heterocycles. The van der Waals surface area contributed by atoms with Crippen molar-refractivity contribution in [3.05, 3.63) is 59.2 Å². The van der Waals surface area contributed by atoms with Crippen molar-refractivity contribution in [1.82, 2.24) is 4.98 Å². The van der Waals surface area contributed by atoms with E-state index < -0.39 is 5.82 Å². The van der Waals surface area contributed by atoms with Crippen molar-refractivity contribution in [3.63, 3.8) is 0 Å². The van der Waals surface area contributed by atoms with Gasteiger partial charge in [-0.2, -0.15) is 0 Å². The van der Waals surface area contributed by atoms with Crippen LogP contribution in [-0.2, 0) is 12.8 Å². The highest BCUT2D eigenvalue weighted by atomic mass is 19.1. The summed E-state index contributed by atoms with van der Waals surface area (Å²) in [6, 6.07) is 8.00. The third-order valence-electron chi connectivity index (χ3n) is 2.71. The molecule has 2 rings (SSSR count). The molecule has 3 heteroatoms. The summed E-state index contributed by atoms with van der Waals surface area (Å²) in [5.41, 5.74) is 2.73. The van der Waals surface area contributed by atoms with Gasteiger partial charge in [0.2, 0.25) is 0 Å². The Morgan fingerprint density at radius 2 is 2.06 bits per heavy atom. The van der Waals surface area contributed by atoms with Crippen LogP contribution in [0.25, 0.3) is 0 Å². The summed E-state index contributed by atoms with van der Waals surface area (Å²) in [4.78, 5) is 4.30. The van der Waals surface area contributed by atoms with E-state index in [0.29, 0.717) is 12.0 Å². The van der Waals surface area contributed by atoms with Crippen molar-refractivity contribution >= 4 is 0 Å². The molecule has 1 heterocycles.